The van der Waals surface area contributed by atoms with Crippen LogP contribution < -0.4 is 15.5 Å². The number of anilines is 1. The minimum Gasteiger partial charge on any atom is -0.343 e. The Bertz CT molecular complexity index is 975. The van der Waals surface area contributed by atoms with Gasteiger partial charge in [-0.15, -0.1) is 0 Å². The number of para-hydroxylation sites is 1. The Balaban J connectivity index is 1.98. The molecule has 8 heteroatoms. The van der Waals surface area contributed by atoms with E-state index in [-0.39, 0.29) is 23.9 Å². The van der Waals surface area contributed by atoms with Crippen molar-refractivity contribution in [1.29, 1.82) is 0 Å². The number of hydrogen-bond acceptors (Lipinski definition) is 3. The topological polar surface area (TPSA) is 61.4 Å². The summed E-state index contributed by atoms with van der Waals surface area (Å²) in [4.78, 5) is 27.3. The Morgan fingerprint density at radius 2 is 1.90 bits per heavy atom. The molecule has 1 heterocycles. The molecule has 0 fully saturated rings. The normalized spacial score (nSPS) is 17.7. The van der Waals surface area contributed by atoms with Crippen LogP contribution in [0.5, 0.6) is 0 Å². The number of carbonyl (C=O) groups excluding carboxylic acids is 2. The maximum Gasteiger partial charge on any atom is 0.416 e. The third-order valence-corrected chi connectivity index (χ3v) is 5.77. The average molecular weight is 433 g/mol. The highest BCUT2D eigenvalue weighted by Gasteiger charge is 2.35. The van der Waals surface area contributed by atoms with Crippen molar-refractivity contribution < 1.29 is 22.8 Å². The van der Waals surface area contributed by atoms with Gasteiger partial charge < -0.3 is 15.5 Å². The molecule has 1 aliphatic rings. The molecule has 0 bridgehead atoms. The van der Waals surface area contributed by atoms with Crippen LogP contribution in [0.3, 0.4) is 0 Å². The van der Waals surface area contributed by atoms with E-state index in [0.29, 0.717) is 24.1 Å². The monoisotopic (exact) mass is 433 g/mol. The van der Waals surface area contributed by atoms with Crippen molar-refractivity contribution in [2.24, 2.45) is 0 Å². The highest BCUT2D eigenvalue weighted by Crippen LogP contribution is 2.34. The first-order chi connectivity index (χ1) is 14.6. The van der Waals surface area contributed by atoms with Gasteiger partial charge in [0.1, 0.15) is 6.04 Å². The smallest absolute Gasteiger partial charge is 0.343 e. The SMILES string of the molecule is CN[C@@H](C)C(=O)NC1CCc2ccccc2N(Cc2cccc(C(F)(F)F)c2C)C1=O. The first-order valence-electron chi connectivity index (χ1n) is 10.2. The van der Waals surface area contributed by atoms with Crippen molar-refractivity contribution in [2.75, 3.05) is 11.9 Å². The summed E-state index contributed by atoms with van der Waals surface area (Å²) in [6.07, 6.45) is -3.49. The Morgan fingerprint density at radius 1 is 1.19 bits per heavy atom. The lowest BCUT2D eigenvalue weighted by molar-refractivity contribution is -0.138. The number of halogens is 3. The third-order valence-electron chi connectivity index (χ3n) is 5.77. The fourth-order valence-corrected chi connectivity index (χ4v) is 3.77. The second kappa shape index (κ2) is 9.09. The highest BCUT2D eigenvalue weighted by molar-refractivity contribution is 6.00. The van der Waals surface area contributed by atoms with Gasteiger partial charge in [0.05, 0.1) is 18.2 Å². The minimum absolute atomic E-state index is 0.0143. The van der Waals surface area contributed by atoms with Gasteiger partial charge in [-0.05, 0) is 62.6 Å². The second-order valence-corrected chi connectivity index (χ2v) is 7.75. The van der Waals surface area contributed by atoms with Crippen LogP contribution in [0.4, 0.5) is 18.9 Å². The summed E-state index contributed by atoms with van der Waals surface area (Å²) in [6, 6.07) is 10.1. The van der Waals surface area contributed by atoms with Crippen molar-refractivity contribution in [3.63, 3.8) is 0 Å². The fourth-order valence-electron chi connectivity index (χ4n) is 3.77. The van der Waals surface area contributed by atoms with E-state index in [4.69, 9.17) is 0 Å². The van der Waals surface area contributed by atoms with Crippen molar-refractivity contribution in [3.05, 3.63) is 64.7 Å². The predicted molar refractivity (Wildman–Crippen MR) is 113 cm³/mol. The lowest BCUT2D eigenvalue weighted by Gasteiger charge is -2.28. The van der Waals surface area contributed by atoms with Gasteiger partial charge in [0.2, 0.25) is 11.8 Å². The number of alkyl halides is 3. The Kier molecular flexibility index (Phi) is 6.69. The van der Waals surface area contributed by atoms with E-state index < -0.39 is 23.8 Å². The minimum atomic E-state index is -4.47. The Morgan fingerprint density at radius 3 is 2.58 bits per heavy atom. The number of carbonyl (C=O) groups is 2. The van der Waals surface area contributed by atoms with Crippen LogP contribution in [0.25, 0.3) is 0 Å². The molecule has 5 nitrogen and oxygen atoms in total. The number of likely N-dealkylation sites (N-methyl/N-ethyl adjacent to an activating group) is 1. The van der Waals surface area contributed by atoms with Gasteiger partial charge >= 0.3 is 6.18 Å². The molecule has 31 heavy (non-hydrogen) atoms. The molecule has 2 N–H and O–H groups in total. The molecule has 0 saturated heterocycles. The highest BCUT2D eigenvalue weighted by atomic mass is 19.4. The molecule has 2 aromatic rings. The number of amides is 2. The summed E-state index contributed by atoms with van der Waals surface area (Å²) >= 11 is 0. The van der Waals surface area contributed by atoms with Crippen LogP contribution in [0.2, 0.25) is 0 Å². The standard InChI is InChI=1S/C23H26F3N3O2/c1-14-17(8-6-9-18(14)23(24,25)26)13-29-20-10-5-4-7-16(20)11-12-19(22(29)31)28-21(30)15(2)27-3/h4-10,15,19,27H,11-13H2,1-3H3,(H,28,30)/t15-,19?/m0/s1. The zero-order valence-electron chi connectivity index (χ0n) is 17.7. The quantitative estimate of drug-likeness (QED) is 0.758. The Hall–Kier alpha value is -2.87. The molecule has 0 radical (unpaired) electrons. The number of fused-ring (bicyclic) bond motifs is 1. The molecule has 0 aliphatic carbocycles. The number of rotatable bonds is 5. The van der Waals surface area contributed by atoms with Gasteiger partial charge in [-0.2, -0.15) is 13.2 Å². The lowest BCUT2D eigenvalue weighted by atomic mass is 10.0. The van der Waals surface area contributed by atoms with Gasteiger partial charge in [-0.3, -0.25) is 9.59 Å². The van der Waals surface area contributed by atoms with E-state index >= 15 is 0 Å². The summed E-state index contributed by atoms with van der Waals surface area (Å²) in [6.45, 7) is 3.09. The molecule has 0 spiro atoms. The number of nitrogens with one attached hydrogen (secondary N) is 2. The zero-order chi connectivity index (χ0) is 22.8. The fraction of sp³-hybridized carbons (Fsp3) is 0.391. The van der Waals surface area contributed by atoms with Gasteiger partial charge in [0.25, 0.3) is 0 Å². The van der Waals surface area contributed by atoms with Crippen molar-refractivity contribution in [2.45, 2.75) is 51.5 Å². The molecule has 1 aliphatic heterocycles. The number of benzene rings is 2. The van der Waals surface area contributed by atoms with Crippen LogP contribution in [-0.2, 0) is 28.7 Å². The summed E-state index contributed by atoms with van der Waals surface area (Å²) in [7, 11) is 1.65. The van der Waals surface area contributed by atoms with E-state index in [1.54, 1.807) is 32.2 Å². The van der Waals surface area contributed by atoms with Gasteiger partial charge in [0.15, 0.2) is 0 Å². The molecule has 166 valence electrons. The van der Waals surface area contributed by atoms with Crippen LogP contribution in [0.1, 0.15) is 35.6 Å². The van der Waals surface area contributed by atoms with Crippen molar-refractivity contribution in [1.82, 2.24) is 10.6 Å². The predicted octanol–water partition coefficient (Wildman–Crippen LogP) is 3.59. The summed E-state index contributed by atoms with van der Waals surface area (Å²) in [5.74, 6) is -0.638. The molecular weight excluding hydrogens is 407 g/mol. The average Bonchev–Trinajstić information content (AvgIpc) is 2.85. The molecule has 0 saturated carbocycles. The first kappa shape index (κ1) is 22.8. The van der Waals surface area contributed by atoms with E-state index in [1.165, 1.54) is 17.9 Å². The zero-order valence-corrected chi connectivity index (χ0v) is 17.7. The largest absolute Gasteiger partial charge is 0.416 e. The number of hydrogen-bond donors (Lipinski definition) is 2. The van der Waals surface area contributed by atoms with E-state index in [2.05, 4.69) is 10.6 Å². The molecule has 2 atom stereocenters. The maximum absolute atomic E-state index is 13.4. The van der Waals surface area contributed by atoms with E-state index in [1.807, 2.05) is 12.1 Å². The lowest BCUT2D eigenvalue weighted by Crippen LogP contribution is -2.52. The van der Waals surface area contributed by atoms with Crippen LogP contribution >= 0.6 is 0 Å². The number of nitrogens with zero attached hydrogens (tertiary/aromatic N) is 1. The summed E-state index contributed by atoms with van der Waals surface area (Å²) in [5.41, 5.74) is 1.36. The molecular formula is C23H26F3N3O2. The third kappa shape index (κ3) is 4.90. The number of aryl methyl sites for hydroxylation is 1. The summed E-state index contributed by atoms with van der Waals surface area (Å²) < 4.78 is 40.1. The first-order valence-corrected chi connectivity index (χ1v) is 10.2. The van der Waals surface area contributed by atoms with Crippen molar-refractivity contribution >= 4 is 17.5 Å². The van der Waals surface area contributed by atoms with Gasteiger partial charge in [-0.1, -0.05) is 30.3 Å². The van der Waals surface area contributed by atoms with E-state index in [0.717, 1.165) is 11.6 Å². The molecule has 2 amide bonds. The van der Waals surface area contributed by atoms with Crippen molar-refractivity contribution in [3.8, 4) is 0 Å². The maximum atomic E-state index is 13.4. The molecule has 1 unspecified atom stereocenters. The van der Waals surface area contributed by atoms with Crippen LogP contribution in [0, 0.1) is 6.92 Å². The van der Waals surface area contributed by atoms with Gasteiger partial charge in [-0.25, -0.2) is 0 Å². The molecule has 2 aromatic carbocycles. The van der Waals surface area contributed by atoms with Crippen LogP contribution in [0.15, 0.2) is 42.5 Å². The van der Waals surface area contributed by atoms with Crippen LogP contribution in [-0.4, -0.2) is 30.9 Å². The molecule has 3 rings (SSSR count). The summed E-state index contributed by atoms with van der Waals surface area (Å²) in [5, 5.41) is 5.62. The second-order valence-electron chi connectivity index (χ2n) is 7.75. The Labute approximate surface area is 179 Å². The van der Waals surface area contributed by atoms with Gasteiger partial charge in [0, 0.05) is 5.69 Å². The molecule has 0 aromatic heterocycles. The van der Waals surface area contributed by atoms with E-state index in [9.17, 15) is 22.8 Å².